The highest BCUT2D eigenvalue weighted by Gasteiger charge is 2.19. The average molecular weight is 456 g/mol. The summed E-state index contributed by atoms with van der Waals surface area (Å²) in [5.41, 5.74) is 2.51. The second-order valence-electron chi connectivity index (χ2n) is 7.84. The highest BCUT2D eigenvalue weighted by molar-refractivity contribution is 5.88. The summed E-state index contributed by atoms with van der Waals surface area (Å²) in [6.07, 6.45) is 3.29. The van der Waals surface area contributed by atoms with Crippen molar-refractivity contribution in [1.29, 1.82) is 0 Å². The molecule has 4 aromatic carbocycles. The first kappa shape index (κ1) is 22.8. The van der Waals surface area contributed by atoms with Crippen molar-refractivity contribution in [3.63, 3.8) is 0 Å². The molecule has 33 heavy (non-hydrogen) atoms. The monoisotopic (exact) mass is 456 g/mol. The van der Waals surface area contributed by atoms with Crippen LogP contribution in [0.15, 0.2) is 66.7 Å². The Hall–Kier alpha value is -3.41. The van der Waals surface area contributed by atoms with E-state index in [9.17, 15) is 22.0 Å². The van der Waals surface area contributed by atoms with Crippen LogP contribution in [0.5, 0.6) is 5.75 Å². The number of benzene rings is 4. The van der Waals surface area contributed by atoms with E-state index in [0.717, 1.165) is 47.7 Å². The lowest BCUT2D eigenvalue weighted by molar-refractivity contribution is -0.0546. The SMILES string of the molecule is CCCCc1ccc2cc(-c3ccc(-c4cc(F)c(OC(F)F)c(F)c4)c(F)c3)ccc2c1. The molecule has 1 nitrogen and oxygen atoms in total. The van der Waals surface area contributed by atoms with Crippen LogP contribution in [0, 0.1) is 17.5 Å². The maximum Gasteiger partial charge on any atom is 0.387 e. The first-order valence-corrected chi connectivity index (χ1v) is 10.6. The molecule has 0 amide bonds. The van der Waals surface area contributed by atoms with Crippen LogP contribution in [0.1, 0.15) is 25.3 Å². The minimum absolute atomic E-state index is 0.0542. The Labute approximate surface area is 188 Å². The molecule has 0 radical (unpaired) electrons. The fourth-order valence-corrected chi connectivity index (χ4v) is 3.86. The molecule has 170 valence electrons. The molecule has 0 aliphatic rings. The molecular formula is C27H21F5O. The lowest BCUT2D eigenvalue weighted by Gasteiger charge is -2.11. The third-order valence-electron chi connectivity index (χ3n) is 5.54. The van der Waals surface area contributed by atoms with Crippen molar-refractivity contribution in [2.24, 2.45) is 0 Å². The molecule has 0 bridgehead atoms. The molecule has 0 heterocycles. The van der Waals surface area contributed by atoms with Crippen molar-refractivity contribution < 1.29 is 26.7 Å². The summed E-state index contributed by atoms with van der Waals surface area (Å²) >= 11 is 0. The molecule has 0 aliphatic heterocycles. The summed E-state index contributed by atoms with van der Waals surface area (Å²) < 4.78 is 71.5. The Balaban J connectivity index is 1.64. The smallest absolute Gasteiger partial charge is 0.387 e. The summed E-state index contributed by atoms with van der Waals surface area (Å²) in [6, 6.07) is 18.0. The van der Waals surface area contributed by atoms with Gasteiger partial charge in [-0.3, -0.25) is 0 Å². The Morgan fingerprint density at radius 3 is 1.97 bits per heavy atom. The van der Waals surface area contributed by atoms with Crippen LogP contribution in [0.3, 0.4) is 0 Å². The highest BCUT2D eigenvalue weighted by Crippen LogP contribution is 2.34. The van der Waals surface area contributed by atoms with E-state index in [0.29, 0.717) is 5.56 Å². The van der Waals surface area contributed by atoms with E-state index in [1.54, 1.807) is 6.07 Å². The summed E-state index contributed by atoms with van der Waals surface area (Å²) in [5, 5.41) is 2.12. The molecule has 4 rings (SSSR count). The zero-order chi connectivity index (χ0) is 23.5. The predicted octanol–water partition coefficient (Wildman–Crippen LogP) is 8.54. The van der Waals surface area contributed by atoms with Crippen LogP contribution in [0.25, 0.3) is 33.0 Å². The van der Waals surface area contributed by atoms with Gasteiger partial charge in [0.1, 0.15) is 5.82 Å². The van der Waals surface area contributed by atoms with Crippen LogP contribution in [-0.2, 0) is 6.42 Å². The quantitative estimate of drug-likeness (QED) is 0.253. The Kier molecular flexibility index (Phi) is 6.63. The summed E-state index contributed by atoms with van der Waals surface area (Å²) in [5.74, 6) is -4.55. The lowest BCUT2D eigenvalue weighted by atomic mass is 9.96. The number of unbranched alkanes of at least 4 members (excludes halogenated alkanes) is 1. The number of rotatable bonds is 7. The third-order valence-corrected chi connectivity index (χ3v) is 5.54. The molecule has 0 aromatic heterocycles. The van der Waals surface area contributed by atoms with E-state index in [4.69, 9.17) is 0 Å². The first-order valence-electron chi connectivity index (χ1n) is 10.6. The van der Waals surface area contributed by atoms with Gasteiger partial charge in [-0.25, -0.2) is 13.2 Å². The zero-order valence-electron chi connectivity index (χ0n) is 17.8. The first-order chi connectivity index (χ1) is 15.9. The number of hydrogen-bond acceptors (Lipinski definition) is 1. The fourth-order valence-electron chi connectivity index (χ4n) is 3.86. The molecular weight excluding hydrogens is 435 g/mol. The number of fused-ring (bicyclic) bond motifs is 1. The molecule has 0 spiro atoms. The molecule has 0 fully saturated rings. The van der Waals surface area contributed by atoms with Gasteiger partial charge in [-0.2, -0.15) is 8.78 Å². The lowest BCUT2D eigenvalue weighted by Crippen LogP contribution is -2.06. The van der Waals surface area contributed by atoms with E-state index < -0.39 is 29.8 Å². The molecule has 0 unspecified atom stereocenters. The van der Waals surface area contributed by atoms with E-state index in [1.807, 2.05) is 24.3 Å². The average Bonchev–Trinajstić information content (AvgIpc) is 2.79. The van der Waals surface area contributed by atoms with Gasteiger partial charge >= 0.3 is 6.61 Å². The van der Waals surface area contributed by atoms with Crippen molar-refractivity contribution in [1.82, 2.24) is 0 Å². The van der Waals surface area contributed by atoms with Gasteiger partial charge in [-0.15, -0.1) is 0 Å². The number of alkyl halides is 2. The fraction of sp³-hybridized carbons (Fsp3) is 0.185. The van der Waals surface area contributed by atoms with Gasteiger partial charge in [-0.1, -0.05) is 55.8 Å². The molecule has 0 N–H and O–H groups in total. The number of halogens is 5. The summed E-state index contributed by atoms with van der Waals surface area (Å²) in [7, 11) is 0. The minimum Gasteiger partial charge on any atom is -0.429 e. The van der Waals surface area contributed by atoms with Crippen molar-refractivity contribution in [3.05, 3.63) is 89.7 Å². The van der Waals surface area contributed by atoms with Crippen molar-refractivity contribution in [3.8, 4) is 28.0 Å². The number of aryl methyl sites for hydroxylation is 1. The van der Waals surface area contributed by atoms with E-state index in [-0.39, 0.29) is 11.1 Å². The Morgan fingerprint density at radius 2 is 1.30 bits per heavy atom. The van der Waals surface area contributed by atoms with E-state index in [1.165, 1.54) is 17.7 Å². The maximum atomic E-state index is 14.9. The zero-order valence-corrected chi connectivity index (χ0v) is 17.8. The largest absolute Gasteiger partial charge is 0.429 e. The second-order valence-corrected chi connectivity index (χ2v) is 7.84. The Bertz CT molecular complexity index is 1280. The van der Waals surface area contributed by atoms with Gasteiger partial charge in [0, 0.05) is 5.56 Å². The Morgan fingerprint density at radius 1 is 0.697 bits per heavy atom. The van der Waals surface area contributed by atoms with Crippen LogP contribution >= 0.6 is 0 Å². The summed E-state index contributed by atoms with van der Waals surface area (Å²) in [4.78, 5) is 0. The van der Waals surface area contributed by atoms with Crippen molar-refractivity contribution in [2.75, 3.05) is 0 Å². The van der Waals surface area contributed by atoms with Gasteiger partial charge < -0.3 is 4.74 Å². The van der Waals surface area contributed by atoms with Gasteiger partial charge in [0.2, 0.25) is 0 Å². The molecule has 0 atom stereocenters. The van der Waals surface area contributed by atoms with Gasteiger partial charge in [0.25, 0.3) is 0 Å². The van der Waals surface area contributed by atoms with Crippen molar-refractivity contribution >= 4 is 10.8 Å². The van der Waals surface area contributed by atoms with Crippen LogP contribution in [0.4, 0.5) is 22.0 Å². The molecule has 0 saturated carbocycles. The third kappa shape index (κ3) is 5.00. The topological polar surface area (TPSA) is 9.23 Å². The van der Waals surface area contributed by atoms with Crippen molar-refractivity contribution in [2.45, 2.75) is 32.8 Å². The molecule has 4 aromatic rings. The van der Waals surface area contributed by atoms with E-state index >= 15 is 0 Å². The minimum atomic E-state index is -3.37. The van der Waals surface area contributed by atoms with Gasteiger partial charge in [0.05, 0.1) is 0 Å². The molecule has 0 aliphatic carbocycles. The van der Waals surface area contributed by atoms with Crippen LogP contribution in [0.2, 0.25) is 0 Å². The highest BCUT2D eigenvalue weighted by atomic mass is 19.3. The normalized spacial score (nSPS) is 11.4. The van der Waals surface area contributed by atoms with Crippen LogP contribution in [-0.4, -0.2) is 6.61 Å². The summed E-state index contributed by atoms with van der Waals surface area (Å²) in [6.45, 7) is -1.22. The van der Waals surface area contributed by atoms with Gasteiger partial charge in [0.15, 0.2) is 17.4 Å². The van der Waals surface area contributed by atoms with Gasteiger partial charge in [-0.05, 0) is 70.1 Å². The van der Waals surface area contributed by atoms with E-state index in [2.05, 4.69) is 23.8 Å². The van der Waals surface area contributed by atoms with Crippen LogP contribution < -0.4 is 4.74 Å². The standard InChI is InChI=1S/C27H21F5O/c1-2-3-4-16-5-6-18-12-19(8-7-17(18)11-16)20-9-10-22(23(28)13-20)21-14-24(29)26(25(30)15-21)33-27(31)32/h5-15,27H,2-4H2,1H3. The molecule has 6 heteroatoms. The second kappa shape index (κ2) is 9.61. The maximum absolute atomic E-state index is 14.9. The predicted molar refractivity (Wildman–Crippen MR) is 120 cm³/mol. The number of ether oxygens (including phenoxy) is 1. The number of hydrogen-bond donors (Lipinski definition) is 0. The molecule has 0 saturated heterocycles.